The van der Waals surface area contributed by atoms with Crippen molar-refractivity contribution in [3.63, 3.8) is 0 Å². The third kappa shape index (κ3) is 5.75. The van der Waals surface area contributed by atoms with Gasteiger partial charge in [-0.15, -0.1) is 13.2 Å². The maximum Gasteiger partial charge on any atom is 0.573 e. The highest BCUT2D eigenvalue weighted by Crippen LogP contribution is 2.24. The number of carbonyl (C=O) groups is 2. The van der Waals surface area contributed by atoms with Gasteiger partial charge in [0.15, 0.2) is 0 Å². The Morgan fingerprint density at radius 1 is 1.33 bits per heavy atom. The fourth-order valence-electron chi connectivity index (χ4n) is 2.88. The quantitative estimate of drug-likeness (QED) is 0.890. The van der Waals surface area contributed by atoms with Crippen molar-refractivity contribution in [2.24, 2.45) is 11.7 Å². The number of halogens is 3. The highest BCUT2D eigenvalue weighted by molar-refractivity contribution is 5.79. The first kappa shape index (κ1) is 18.1. The van der Waals surface area contributed by atoms with Crippen LogP contribution >= 0.6 is 0 Å². The number of rotatable bonds is 5. The number of likely N-dealkylation sites (tertiary alicyclic amines) is 1. The summed E-state index contributed by atoms with van der Waals surface area (Å²) in [5.74, 6) is -0.891. The lowest BCUT2D eigenvalue weighted by Gasteiger charge is -2.32. The zero-order valence-corrected chi connectivity index (χ0v) is 13.0. The molecule has 0 radical (unpaired) electrons. The number of primary amides is 1. The number of piperidine rings is 1. The molecule has 8 heteroatoms. The lowest BCUT2D eigenvalue weighted by atomic mass is 9.94. The van der Waals surface area contributed by atoms with Gasteiger partial charge in [0.25, 0.3) is 0 Å². The standard InChI is InChI=1S/C16H19F3N2O3/c17-16(18,19)24-13-5-1-3-11(7-13)9-15(23)21-6-2-4-12(10-21)8-14(20)22/h1,3,5,7,12H,2,4,6,8-10H2,(H2,20,22)/t12-/m0/s1. The Morgan fingerprint density at radius 2 is 2.08 bits per heavy atom. The Hall–Kier alpha value is -2.25. The van der Waals surface area contributed by atoms with E-state index in [1.807, 2.05) is 0 Å². The lowest BCUT2D eigenvalue weighted by molar-refractivity contribution is -0.274. The Morgan fingerprint density at radius 3 is 2.75 bits per heavy atom. The van der Waals surface area contributed by atoms with Gasteiger partial charge in [-0.2, -0.15) is 0 Å². The molecule has 2 rings (SSSR count). The van der Waals surface area contributed by atoms with E-state index in [0.29, 0.717) is 18.7 Å². The number of amides is 2. The first-order chi connectivity index (χ1) is 11.2. The third-order valence-corrected chi connectivity index (χ3v) is 3.85. The highest BCUT2D eigenvalue weighted by atomic mass is 19.4. The summed E-state index contributed by atoms with van der Waals surface area (Å²) in [6, 6.07) is 5.38. The summed E-state index contributed by atoms with van der Waals surface area (Å²) in [6.45, 7) is 1.02. The van der Waals surface area contributed by atoms with Crippen LogP contribution < -0.4 is 10.5 Å². The van der Waals surface area contributed by atoms with Crippen LogP contribution in [-0.2, 0) is 16.0 Å². The van der Waals surface area contributed by atoms with Crippen LogP contribution in [0, 0.1) is 5.92 Å². The molecular weight excluding hydrogens is 325 g/mol. The topological polar surface area (TPSA) is 72.6 Å². The molecule has 1 saturated heterocycles. The minimum absolute atomic E-state index is 0.0155. The number of alkyl halides is 3. The summed E-state index contributed by atoms with van der Waals surface area (Å²) in [7, 11) is 0. The van der Waals surface area contributed by atoms with E-state index < -0.39 is 12.3 Å². The number of hydrogen-bond acceptors (Lipinski definition) is 3. The number of carbonyl (C=O) groups excluding carboxylic acids is 2. The van der Waals surface area contributed by atoms with Crippen molar-refractivity contribution >= 4 is 11.8 Å². The van der Waals surface area contributed by atoms with Crippen molar-refractivity contribution in [3.05, 3.63) is 29.8 Å². The van der Waals surface area contributed by atoms with Gasteiger partial charge in [0.1, 0.15) is 5.75 Å². The van der Waals surface area contributed by atoms with Crippen molar-refractivity contribution in [2.75, 3.05) is 13.1 Å². The van der Waals surface area contributed by atoms with Crippen molar-refractivity contribution in [2.45, 2.75) is 32.0 Å². The van der Waals surface area contributed by atoms with Gasteiger partial charge < -0.3 is 15.4 Å². The van der Waals surface area contributed by atoms with Crippen LogP contribution in [0.15, 0.2) is 24.3 Å². The zero-order chi connectivity index (χ0) is 17.7. The van der Waals surface area contributed by atoms with Crippen molar-refractivity contribution in [1.29, 1.82) is 0 Å². The summed E-state index contributed by atoms with van der Waals surface area (Å²) >= 11 is 0. The van der Waals surface area contributed by atoms with E-state index in [9.17, 15) is 22.8 Å². The summed E-state index contributed by atoms with van der Waals surface area (Å²) in [6.07, 6.45) is -2.93. The number of benzene rings is 1. The average Bonchev–Trinajstić information content (AvgIpc) is 2.45. The van der Waals surface area contributed by atoms with Gasteiger partial charge in [-0.25, -0.2) is 0 Å². The van der Waals surface area contributed by atoms with E-state index in [4.69, 9.17) is 5.73 Å². The summed E-state index contributed by atoms with van der Waals surface area (Å²) in [5.41, 5.74) is 5.63. The molecule has 0 bridgehead atoms. The van der Waals surface area contributed by atoms with Crippen LogP contribution in [0.1, 0.15) is 24.8 Å². The van der Waals surface area contributed by atoms with E-state index in [-0.39, 0.29) is 30.4 Å². The number of hydrogen-bond donors (Lipinski definition) is 1. The molecule has 0 saturated carbocycles. The molecular formula is C16H19F3N2O3. The van der Waals surface area contributed by atoms with Crippen LogP contribution in [0.5, 0.6) is 5.75 Å². The smallest absolute Gasteiger partial charge is 0.406 e. The van der Waals surface area contributed by atoms with Crippen LogP contribution in [0.4, 0.5) is 13.2 Å². The van der Waals surface area contributed by atoms with E-state index in [1.54, 1.807) is 11.0 Å². The number of nitrogens with two attached hydrogens (primary N) is 1. The molecule has 0 unspecified atom stereocenters. The Kier molecular flexibility index (Phi) is 5.69. The molecule has 132 valence electrons. The van der Waals surface area contributed by atoms with Gasteiger partial charge >= 0.3 is 6.36 Å². The Balaban J connectivity index is 1.96. The number of nitrogens with zero attached hydrogens (tertiary/aromatic N) is 1. The monoisotopic (exact) mass is 344 g/mol. The third-order valence-electron chi connectivity index (χ3n) is 3.85. The molecule has 24 heavy (non-hydrogen) atoms. The van der Waals surface area contributed by atoms with Crippen LogP contribution in [-0.4, -0.2) is 36.2 Å². The van der Waals surface area contributed by atoms with E-state index >= 15 is 0 Å². The fraction of sp³-hybridized carbons (Fsp3) is 0.500. The number of ether oxygens (including phenoxy) is 1. The lowest BCUT2D eigenvalue weighted by Crippen LogP contribution is -2.41. The molecule has 1 heterocycles. The molecule has 2 N–H and O–H groups in total. The Labute approximate surface area is 137 Å². The highest BCUT2D eigenvalue weighted by Gasteiger charge is 2.31. The second kappa shape index (κ2) is 7.55. The minimum atomic E-state index is -4.77. The predicted molar refractivity (Wildman–Crippen MR) is 79.9 cm³/mol. The van der Waals surface area contributed by atoms with Gasteiger partial charge in [0, 0.05) is 19.5 Å². The first-order valence-electron chi connectivity index (χ1n) is 7.63. The van der Waals surface area contributed by atoms with Gasteiger partial charge in [-0.05, 0) is 36.5 Å². The molecule has 0 spiro atoms. The van der Waals surface area contributed by atoms with E-state index in [2.05, 4.69) is 4.74 Å². The van der Waals surface area contributed by atoms with E-state index in [1.165, 1.54) is 18.2 Å². The Bertz CT molecular complexity index is 604. The average molecular weight is 344 g/mol. The largest absolute Gasteiger partial charge is 0.573 e. The van der Waals surface area contributed by atoms with Crippen molar-refractivity contribution in [3.8, 4) is 5.75 Å². The molecule has 1 aromatic rings. The molecule has 0 aromatic heterocycles. The van der Waals surface area contributed by atoms with Crippen molar-refractivity contribution < 1.29 is 27.5 Å². The first-order valence-corrected chi connectivity index (χ1v) is 7.63. The van der Waals surface area contributed by atoms with Gasteiger partial charge in [-0.1, -0.05) is 12.1 Å². The second-order valence-corrected chi connectivity index (χ2v) is 5.89. The van der Waals surface area contributed by atoms with Crippen LogP contribution in [0.25, 0.3) is 0 Å². The van der Waals surface area contributed by atoms with E-state index in [0.717, 1.165) is 12.8 Å². The van der Waals surface area contributed by atoms with Crippen molar-refractivity contribution in [1.82, 2.24) is 4.90 Å². The van der Waals surface area contributed by atoms with Crippen LogP contribution in [0.3, 0.4) is 0 Å². The molecule has 1 atom stereocenters. The molecule has 5 nitrogen and oxygen atoms in total. The normalized spacial score (nSPS) is 18.3. The van der Waals surface area contributed by atoms with Gasteiger partial charge in [0.05, 0.1) is 6.42 Å². The molecule has 0 aliphatic carbocycles. The summed E-state index contributed by atoms with van der Waals surface area (Å²) in [4.78, 5) is 25.0. The zero-order valence-electron chi connectivity index (χ0n) is 13.0. The molecule has 1 fully saturated rings. The SMILES string of the molecule is NC(=O)C[C@@H]1CCCN(C(=O)Cc2cccc(OC(F)(F)F)c2)C1. The second-order valence-electron chi connectivity index (χ2n) is 5.89. The maximum atomic E-state index is 12.3. The predicted octanol–water partition coefficient (Wildman–Crippen LogP) is 2.24. The fourth-order valence-corrected chi connectivity index (χ4v) is 2.88. The summed E-state index contributed by atoms with van der Waals surface area (Å²) in [5, 5.41) is 0. The molecule has 1 aliphatic rings. The summed E-state index contributed by atoms with van der Waals surface area (Å²) < 4.78 is 40.6. The maximum absolute atomic E-state index is 12.3. The molecule has 2 amide bonds. The molecule has 1 aliphatic heterocycles. The van der Waals surface area contributed by atoms with Gasteiger partial charge in [-0.3, -0.25) is 9.59 Å². The minimum Gasteiger partial charge on any atom is -0.406 e. The van der Waals surface area contributed by atoms with Crippen LogP contribution in [0.2, 0.25) is 0 Å². The molecule has 1 aromatic carbocycles. The van der Waals surface area contributed by atoms with Gasteiger partial charge in [0.2, 0.25) is 11.8 Å².